The maximum Gasteiger partial charge on any atom is 0.175 e. The number of aliphatic hydroxyl groups is 1. The molecule has 0 radical (unpaired) electrons. The van der Waals surface area contributed by atoms with Gasteiger partial charge in [-0.15, -0.1) is 0 Å². The highest BCUT2D eigenvalue weighted by Crippen LogP contribution is 2.24. The van der Waals surface area contributed by atoms with Crippen molar-refractivity contribution >= 4 is 28.9 Å². The van der Waals surface area contributed by atoms with Crippen molar-refractivity contribution < 1.29 is 5.11 Å². The van der Waals surface area contributed by atoms with Gasteiger partial charge < -0.3 is 9.67 Å². The van der Waals surface area contributed by atoms with Crippen LogP contribution in [0.25, 0.3) is 0 Å². The summed E-state index contributed by atoms with van der Waals surface area (Å²) in [4.78, 5) is 3.81. The quantitative estimate of drug-likeness (QED) is 0.842. The van der Waals surface area contributed by atoms with Crippen LogP contribution in [0.1, 0.15) is 11.8 Å². The molecule has 4 nitrogen and oxygen atoms in total. The van der Waals surface area contributed by atoms with Gasteiger partial charge in [0, 0.05) is 23.0 Å². The van der Waals surface area contributed by atoms with Crippen LogP contribution in [0.4, 0.5) is 0 Å². The summed E-state index contributed by atoms with van der Waals surface area (Å²) in [7, 11) is 0. The Morgan fingerprint density at radius 2 is 2.18 bits per heavy atom. The monoisotopic (exact) mass is 269 g/mol. The number of halogens is 2. The van der Waals surface area contributed by atoms with E-state index in [0.717, 1.165) is 0 Å². The summed E-state index contributed by atoms with van der Waals surface area (Å²) in [5, 5.41) is 18.7. The van der Waals surface area contributed by atoms with Crippen LogP contribution in [-0.4, -0.2) is 20.4 Å². The number of rotatable bonds is 3. The molecule has 2 aromatic rings. The fourth-order valence-electron chi connectivity index (χ4n) is 1.41. The van der Waals surface area contributed by atoms with Crippen LogP contribution in [-0.2, 0) is 0 Å². The summed E-state index contributed by atoms with van der Waals surface area (Å²) in [5.41, 5.74) is 0.432. The minimum absolute atomic E-state index is 0.00957. The Bertz CT molecular complexity index is 540. The summed E-state index contributed by atoms with van der Waals surface area (Å²) < 4.78 is 1.41. The molecular formula is C11H9Cl2N3O. The second-order valence-corrected chi connectivity index (χ2v) is 4.27. The Morgan fingerprint density at radius 3 is 2.76 bits per heavy atom. The minimum Gasteiger partial charge on any atom is -0.368 e. The van der Waals surface area contributed by atoms with Crippen molar-refractivity contribution in [2.75, 3.05) is 0 Å². The van der Waals surface area contributed by atoms with Crippen LogP contribution < -0.4 is 0 Å². The molecule has 1 atom stereocenters. The van der Waals surface area contributed by atoms with Crippen LogP contribution in [0.5, 0.6) is 0 Å². The van der Waals surface area contributed by atoms with Crippen LogP contribution >= 0.6 is 23.2 Å². The molecule has 1 aromatic carbocycles. The first-order chi connectivity index (χ1) is 8.09. The lowest BCUT2D eigenvalue weighted by molar-refractivity contribution is 0.174. The van der Waals surface area contributed by atoms with Gasteiger partial charge in [0.05, 0.1) is 17.1 Å². The normalized spacial score (nSPS) is 12.4. The van der Waals surface area contributed by atoms with Gasteiger partial charge in [-0.25, -0.2) is 4.98 Å². The minimum atomic E-state index is -1.11. The van der Waals surface area contributed by atoms with Gasteiger partial charge in [0.1, 0.15) is 0 Å². The summed E-state index contributed by atoms with van der Waals surface area (Å²) in [5.74, 6) is 0. The van der Waals surface area contributed by atoms with Crippen molar-refractivity contribution in [1.82, 2.24) is 9.55 Å². The first-order valence-corrected chi connectivity index (χ1v) is 5.54. The zero-order valence-corrected chi connectivity index (χ0v) is 10.2. The van der Waals surface area contributed by atoms with E-state index in [1.807, 2.05) is 0 Å². The van der Waals surface area contributed by atoms with E-state index in [0.29, 0.717) is 15.6 Å². The first-order valence-electron chi connectivity index (χ1n) is 4.79. The molecule has 0 fully saturated rings. The fourth-order valence-corrected chi connectivity index (χ4v) is 1.92. The van der Waals surface area contributed by atoms with Crippen LogP contribution in [0.15, 0.2) is 36.9 Å². The lowest BCUT2D eigenvalue weighted by Gasteiger charge is -2.14. The number of aliphatic hydroxyl groups excluding tert-OH is 1. The number of imidazole rings is 1. The van der Waals surface area contributed by atoms with Crippen LogP contribution in [0.2, 0.25) is 10.0 Å². The Labute approximate surface area is 108 Å². The van der Waals surface area contributed by atoms with Crippen molar-refractivity contribution in [1.29, 1.82) is 5.41 Å². The van der Waals surface area contributed by atoms with Gasteiger partial charge in [-0.1, -0.05) is 29.3 Å². The van der Waals surface area contributed by atoms with Gasteiger partial charge in [0.2, 0.25) is 0 Å². The van der Waals surface area contributed by atoms with Crippen molar-refractivity contribution in [3.05, 3.63) is 52.5 Å². The average Bonchev–Trinajstić information content (AvgIpc) is 2.80. The maximum atomic E-state index is 9.93. The van der Waals surface area contributed by atoms with Crippen LogP contribution in [0, 0.1) is 5.41 Å². The molecule has 6 heteroatoms. The van der Waals surface area contributed by atoms with E-state index in [9.17, 15) is 5.11 Å². The molecule has 2 N–H and O–H groups in total. The highest BCUT2D eigenvalue weighted by molar-refractivity contribution is 6.37. The van der Waals surface area contributed by atoms with Crippen molar-refractivity contribution in [3.8, 4) is 0 Å². The highest BCUT2D eigenvalue weighted by Gasteiger charge is 2.17. The number of nitrogens with zero attached hydrogens (tertiary/aromatic N) is 2. The maximum absolute atomic E-state index is 9.93. The zero-order valence-electron chi connectivity index (χ0n) is 8.64. The number of aromatic nitrogens is 2. The van der Waals surface area contributed by atoms with Gasteiger partial charge in [0.15, 0.2) is 6.23 Å². The second kappa shape index (κ2) is 4.87. The summed E-state index contributed by atoms with van der Waals surface area (Å²) >= 11 is 11.7. The van der Waals surface area contributed by atoms with Gasteiger partial charge in [-0.3, -0.25) is 5.41 Å². The molecule has 0 aliphatic rings. The molecule has 2 rings (SSSR count). The van der Waals surface area contributed by atoms with Crippen molar-refractivity contribution in [2.24, 2.45) is 0 Å². The standard InChI is InChI=1S/C11H9Cl2N3O/c12-7-1-2-8(9(13)5-7)10(14)11(17)16-4-3-15-6-16/h1-6,11,14,17H. The van der Waals surface area contributed by atoms with E-state index < -0.39 is 6.23 Å². The van der Waals surface area contributed by atoms with Crippen molar-refractivity contribution in [3.63, 3.8) is 0 Å². The molecule has 1 unspecified atom stereocenters. The Morgan fingerprint density at radius 1 is 1.41 bits per heavy atom. The van der Waals surface area contributed by atoms with E-state index in [1.165, 1.54) is 23.2 Å². The van der Waals surface area contributed by atoms with Crippen LogP contribution in [0.3, 0.4) is 0 Å². The van der Waals surface area contributed by atoms with E-state index in [4.69, 9.17) is 28.6 Å². The average molecular weight is 270 g/mol. The molecular weight excluding hydrogens is 261 g/mol. The third-order valence-corrected chi connectivity index (χ3v) is 2.83. The number of hydrogen-bond acceptors (Lipinski definition) is 3. The molecule has 0 bridgehead atoms. The molecule has 0 amide bonds. The molecule has 0 aliphatic carbocycles. The molecule has 0 saturated carbocycles. The highest BCUT2D eigenvalue weighted by atomic mass is 35.5. The first kappa shape index (κ1) is 12.1. The van der Waals surface area contributed by atoms with E-state index in [1.54, 1.807) is 18.3 Å². The Kier molecular flexibility index (Phi) is 3.47. The fraction of sp³-hybridized carbons (Fsp3) is 0.0909. The molecule has 88 valence electrons. The molecule has 17 heavy (non-hydrogen) atoms. The predicted octanol–water partition coefficient (Wildman–Crippen LogP) is 2.75. The molecule has 0 aliphatic heterocycles. The third kappa shape index (κ3) is 2.49. The molecule has 0 saturated heterocycles. The molecule has 1 aromatic heterocycles. The second-order valence-electron chi connectivity index (χ2n) is 3.42. The van der Waals surface area contributed by atoms with E-state index >= 15 is 0 Å². The van der Waals surface area contributed by atoms with Gasteiger partial charge in [-0.2, -0.15) is 0 Å². The summed E-state index contributed by atoms with van der Waals surface area (Å²) in [6, 6.07) is 4.76. The molecule has 1 heterocycles. The number of benzene rings is 1. The Hall–Kier alpha value is -1.36. The van der Waals surface area contributed by atoms with E-state index in [2.05, 4.69) is 4.98 Å². The SMILES string of the molecule is N=C(c1ccc(Cl)cc1Cl)C(O)n1ccnc1. The zero-order chi connectivity index (χ0) is 12.4. The third-order valence-electron chi connectivity index (χ3n) is 2.29. The van der Waals surface area contributed by atoms with Gasteiger partial charge in [0.25, 0.3) is 0 Å². The van der Waals surface area contributed by atoms with Crippen molar-refractivity contribution in [2.45, 2.75) is 6.23 Å². The topological polar surface area (TPSA) is 61.9 Å². The number of hydrogen-bond donors (Lipinski definition) is 2. The smallest absolute Gasteiger partial charge is 0.175 e. The van der Waals surface area contributed by atoms with E-state index in [-0.39, 0.29) is 5.71 Å². The largest absolute Gasteiger partial charge is 0.368 e. The number of nitrogens with one attached hydrogen (secondary N) is 1. The Balaban J connectivity index is 2.31. The summed E-state index contributed by atoms with van der Waals surface area (Å²) in [6.07, 6.45) is 3.42. The summed E-state index contributed by atoms with van der Waals surface area (Å²) in [6.45, 7) is 0. The molecule has 0 spiro atoms. The lowest BCUT2D eigenvalue weighted by atomic mass is 10.1. The predicted molar refractivity (Wildman–Crippen MR) is 66.8 cm³/mol. The lowest BCUT2D eigenvalue weighted by Crippen LogP contribution is -2.18. The van der Waals surface area contributed by atoms with Gasteiger partial charge in [-0.05, 0) is 12.1 Å². The van der Waals surface area contributed by atoms with Gasteiger partial charge >= 0.3 is 0 Å².